The number of pyridine rings is 1. The van der Waals surface area contributed by atoms with Gasteiger partial charge in [0.1, 0.15) is 22.9 Å². The number of nitrogens with two attached hydrogens (primary N) is 1. The molecule has 0 aromatic carbocycles. The molecule has 36 heavy (non-hydrogen) atoms. The molecule has 1 unspecified atom stereocenters. The minimum Gasteiger partial charge on any atom is -0.496 e. The summed E-state index contributed by atoms with van der Waals surface area (Å²) in [6.45, 7) is 0.0686. The molecular formula is C21H20N7O6S2+. The number of carbonyl (C=O) groups is 3. The van der Waals surface area contributed by atoms with Crippen molar-refractivity contribution in [2.75, 3.05) is 25.2 Å². The fourth-order valence-corrected chi connectivity index (χ4v) is 5.34. The molecule has 4 heterocycles. The number of nitrogens with zero attached hydrogens (tertiary/aromatic N) is 5. The minimum absolute atomic E-state index is 0.0862. The number of carbonyl (C=O) groups excluding carboxylic acids is 2. The highest BCUT2D eigenvalue weighted by Crippen LogP contribution is 2.40. The monoisotopic (exact) mass is 530 g/mol. The number of amides is 2. The molecule has 2 aliphatic rings. The molecule has 15 heteroatoms. The number of rotatable bonds is 9. The van der Waals surface area contributed by atoms with Gasteiger partial charge in [0.2, 0.25) is 11.5 Å². The summed E-state index contributed by atoms with van der Waals surface area (Å²) < 4.78 is 10.9. The zero-order valence-electron chi connectivity index (χ0n) is 18.8. The number of carboxylic acids is 1. The van der Waals surface area contributed by atoms with Crippen LogP contribution in [0.1, 0.15) is 5.82 Å². The van der Waals surface area contributed by atoms with Crippen LogP contribution in [0.3, 0.4) is 0 Å². The molecule has 2 atom stereocenters. The second kappa shape index (κ2) is 10.6. The van der Waals surface area contributed by atoms with Gasteiger partial charge in [-0.15, -0.1) is 18.2 Å². The van der Waals surface area contributed by atoms with Crippen molar-refractivity contribution in [2.45, 2.75) is 18.0 Å². The molecule has 0 bridgehead atoms. The van der Waals surface area contributed by atoms with Gasteiger partial charge in [0.15, 0.2) is 30.7 Å². The lowest BCUT2D eigenvalue weighted by Crippen LogP contribution is -2.71. The molecule has 4 N–H and O–H groups in total. The molecule has 0 radical (unpaired) electrons. The van der Waals surface area contributed by atoms with Crippen LogP contribution in [0, 0.1) is 12.3 Å². The summed E-state index contributed by atoms with van der Waals surface area (Å²) in [4.78, 5) is 48.0. The van der Waals surface area contributed by atoms with Crippen LogP contribution in [-0.4, -0.2) is 73.7 Å². The molecule has 2 amide bonds. The van der Waals surface area contributed by atoms with Gasteiger partial charge in [0.05, 0.1) is 7.11 Å². The van der Waals surface area contributed by atoms with Crippen LogP contribution < -0.4 is 20.4 Å². The molecule has 2 aromatic heterocycles. The van der Waals surface area contributed by atoms with Crippen LogP contribution in [0.25, 0.3) is 0 Å². The second-order valence-corrected chi connectivity index (χ2v) is 9.29. The first-order valence-corrected chi connectivity index (χ1v) is 12.1. The number of thioether (sulfide) groups is 1. The van der Waals surface area contributed by atoms with Gasteiger partial charge in [0, 0.05) is 35.0 Å². The Bertz CT molecular complexity index is 1300. The summed E-state index contributed by atoms with van der Waals surface area (Å²) in [7, 11) is 1.55. The van der Waals surface area contributed by atoms with Crippen LogP contribution in [0.15, 0.2) is 41.0 Å². The smallest absolute Gasteiger partial charge is 0.352 e. The summed E-state index contributed by atoms with van der Waals surface area (Å²) in [6, 6.07) is 2.51. The quantitative estimate of drug-likeness (QED) is 0.0931. The average Bonchev–Trinajstić information content (AvgIpc) is 3.30. The lowest BCUT2D eigenvalue weighted by atomic mass is 10.0. The van der Waals surface area contributed by atoms with Crippen LogP contribution in [-0.2, 0) is 25.8 Å². The van der Waals surface area contributed by atoms with E-state index in [-0.39, 0.29) is 35.5 Å². The van der Waals surface area contributed by atoms with Gasteiger partial charge in [-0.1, -0.05) is 11.1 Å². The maximum absolute atomic E-state index is 13.0. The third kappa shape index (κ3) is 4.95. The highest BCUT2D eigenvalue weighted by Gasteiger charge is 2.54. The van der Waals surface area contributed by atoms with E-state index in [1.54, 1.807) is 36.2 Å². The third-order valence-electron chi connectivity index (χ3n) is 5.18. The van der Waals surface area contributed by atoms with Crippen molar-refractivity contribution in [2.24, 2.45) is 5.16 Å². The first-order valence-electron chi connectivity index (χ1n) is 10.3. The Hall–Kier alpha value is -4.16. The van der Waals surface area contributed by atoms with Crippen LogP contribution in [0.2, 0.25) is 0 Å². The van der Waals surface area contributed by atoms with Gasteiger partial charge in [-0.3, -0.25) is 14.5 Å². The maximum atomic E-state index is 13.0. The predicted octanol–water partition coefficient (Wildman–Crippen LogP) is -0.791. The number of anilines is 1. The van der Waals surface area contributed by atoms with Gasteiger partial charge < -0.3 is 25.7 Å². The number of fused-ring (bicyclic) bond motifs is 1. The second-order valence-electron chi connectivity index (χ2n) is 7.40. The number of hydrogen-bond acceptors (Lipinski definition) is 11. The standard InChI is InChI=1S/C21H19N7O6S2/c1-3-8-34-25-13(16-24-21(22)36-26-16)17(29)23-14-18(30)28-15(20(31)32)11(10-35-19(14)28)9-27-6-4-12(33-2)5-7-27/h1,4-7,14,19H,8-10H2,2H3,(H3-,22,23,24,26,29,31,32)/p+1/t14?,19-/m0/s1. The number of methoxy groups -OCH3 is 1. The van der Waals surface area contributed by atoms with E-state index in [0.29, 0.717) is 17.1 Å². The molecule has 0 saturated carbocycles. The molecular weight excluding hydrogens is 510 g/mol. The first-order chi connectivity index (χ1) is 17.3. The molecule has 0 spiro atoms. The number of aliphatic carboxylic acids is 1. The average molecular weight is 531 g/mol. The number of ether oxygens (including phenoxy) is 1. The fourth-order valence-electron chi connectivity index (χ4n) is 3.57. The SMILES string of the molecule is C#CCON=C(C(=O)NC1C(=O)N2C(C(=O)O)=C(C[n+]3ccc(OC)cc3)CS[C@@H]12)c1nsc(N)n1. The van der Waals surface area contributed by atoms with Crippen molar-refractivity contribution in [3.05, 3.63) is 41.6 Å². The molecule has 1 saturated heterocycles. The van der Waals surface area contributed by atoms with Gasteiger partial charge in [-0.05, 0) is 0 Å². The van der Waals surface area contributed by atoms with E-state index in [1.165, 1.54) is 16.7 Å². The summed E-state index contributed by atoms with van der Waals surface area (Å²) in [5.74, 6) is 0.554. The Balaban J connectivity index is 1.52. The van der Waals surface area contributed by atoms with Crippen molar-refractivity contribution in [1.82, 2.24) is 19.6 Å². The summed E-state index contributed by atoms with van der Waals surface area (Å²) in [6.07, 6.45) is 8.65. The Labute approximate surface area is 213 Å². The van der Waals surface area contributed by atoms with Crippen LogP contribution in [0.5, 0.6) is 5.75 Å². The molecule has 13 nitrogen and oxygen atoms in total. The zero-order valence-corrected chi connectivity index (χ0v) is 20.4. The molecule has 4 rings (SSSR count). The van der Waals surface area contributed by atoms with Crippen LogP contribution >= 0.6 is 23.3 Å². The van der Waals surface area contributed by atoms with E-state index in [0.717, 1.165) is 11.5 Å². The predicted molar refractivity (Wildman–Crippen MR) is 129 cm³/mol. The van der Waals surface area contributed by atoms with Gasteiger partial charge in [0.25, 0.3) is 11.8 Å². The Morgan fingerprint density at radius 2 is 2.19 bits per heavy atom. The number of carboxylic acid groups (broad SMARTS) is 1. The minimum atomic E-state index is -1.23. The number of terminal acetylenes is 1. The molecule has 1 fully saturated rings. The normalized spacial score (nSPS) is 19.2. The van der Waals surface area contributed by atoms with Gasteiger partial charge in [-0.2, -0.15) is 9.36 Å². The maximum Gasteiger partial charge on any atom is 0.352 e. The highest BCUT2D eigenvalue weighted by atomic mass is 32.2. The number of aromatic nitrogens is 3. The van der Waals surface area contributed by atoms with E-state index in [4.69, 9.17) is 21.7 Å². The third-order valence-corrected chi connectivity index (χ3v) is 7.06. The van der Waals surface area contributed by atoms with E-state index < -0.39 is 29.2 Å². The first kappa shape index (κ1) is 24.9. The van der Waals surface area contributed by atoms with Gasteiger partial charge in [-0.25, -0.2) is 9.36 Å². The zero-order chi connectivity index (χ0) is 25.8. The largest absolute Gasteiger partial charge is 0.496 e. The van der Waals surface area contributed by atoms with E-state index >= 15 is 0 Å². The lowest BCUT2D eigenvalue weighted by molar-refractivity contribution is -0.689. The Kier molecular flexibility index (Phi) is 7.36. The molecule has 186 valence electrons. The summed E-state index contributed by atoms with van der Waals surface area (Å²) >= 11 is 2.19. The number of nitrogens with one attached hydrogen (secondary N) is 1. The summed E-state index contributed by atoms with van der Waals surface area (Å²) in [5, 5.41) is 15.6. The number of hydrogen-bond donors (Lipinski definition) is 3. The lowest BCUT2D eigenvalue weighted by Gasteiger charge is -2.49. The number of nitrogen functional groups attached to an aromatic ring is 1. The van der Waals surface area contributed by atoms with Gasteiger partial charge >= 0.3 is 5.97 Å². The van der Waals surface area contributed by atoms with Crippen molar-refractivity contribution < 1.29 is 33.6 Å². The van der Waals surface area contributed by atoms with Crippen molar-refractivity contribution in [3.8, 4) is 18.1 Å². The fraction of sp³-hybridized carbons (Fsp3) is 0.286. The number of oxime groups is 1. The molecule has 2 aliphatic heterocycles. The Morgan fingerprint density at radius 3 is 2.81 bits per heavy atom. The molecule has 2 aromatic rings. The number of β-lactam (4-membered cyclic amide) rings is 1. The van der Waals surface area contributed by atoms with E-state index in [2.05, 4.69) is 25.8 Å². The highest BCUT2D eigenvalue weighted by molar-refractivity contribution is 8.00. The van der Waals surface area contributed by atoms with Crippen LogP contribution in [0.4, 0.5) is 5.13 Å². The van der Waals surface area contributed by atoms with Crippen molar-refractivity contribution in [1.29, 1.82) is 0 Å². The van der Waals surface area contributed by atoms with E-state index in [9.17, 15) is 19.5 Å². The summed E-state index contributed by atoms with van der Waals surface area (Å²) in [5.41, 5.74) is 5.75. The Morgan fingerprint density at radius 1 is 1.44 bits per heavy atom. The molecule has 0 aliphatic carbocycles. The van der Waals surface area contributed by atoms with E-state index in [1.807, 2.05) is 0 Å². The topological polar surface area (TPSA) is 173 Å². The van der Waals surface area contributed by atoms with Crippen molar-refractivity contribution in [3.63, 3.8) is 0 Å². The van der Waals surface area contributed by atoms with Crippen molar-refractivity contribution >= 4 is 51.9 Å².